The summed E-state index contributed by atoms with van der Waals surface area (Å²) in [5.41, 5.74) is 1.39. The predicted octanol–water partition coefficient (Wildman–Crippen LogP) is 3.45. The second kappa shape index (κ2) is 9.78. The molecule has 1 N–H and O–H groups in total. The summed E-state index contributed by atoms with van der Waals surface area (Å²) >= 11 is 0. The second-order valence-electron chi connectivity index (χ2n) is 5.15. The Morgan fingerprint density at radius 2 is 1.70 bits per heavy atom. The molecule has 1 aromatic rings. The van der Waals surface area contributed by atoms with E-state index in [1.165, 1.54) is 18.4 Å². The molecular weight excluding hydrogens is 250 g/mol. The molecule has 3 nitrogen and oxygen atoms in total. The van der Waals surface area contributed by atoms with E-state index in [0.29, 0.717) is 11.8 Å². The maximum atomic E-state index is 5.24. The van der Waals surface area contributed by atoms with Crippen molar-refractivity contribution in [1.29, 1.82) is 0 Å². The molecule has 0 bridgehead atoms. The molecule has 0 aliphatic rings. The van der Waals surface area contributed by atoms with Gasteiger partial charge in [-0.15, -0.1) is 0 Å². The number of ether oxygens (including phenoxy) is 2. The minimum Gasteiger partial charge on any atom is -0.497 e. The van der Waals surface area contributed by atoms with E-state index in [-0.39, 0.29) is 0 Å². The van der Waals surface area contributed by atoms with Crippen molar-refractivity contribution < 1.29 is 9.47 Å². The van der Waals surface area contributed by atoms with E-state index in [0.717, 1.165) is 25.4 Å². The quantitative estimate of drug-likeness (QED) is 0.665. The molecule has 1 atom stereocenters. The Balaban J connectivity index is 2.73. The van der Waals surface area contributed by atoms with Crippen LogP contribution in [0.4, 0.5) is 0 Å². The Kier molecular flexibility index (Phi) is 8.31. The van der Waals surface area contributed by atoms with Crippen LogP contribution in [-0.2, 0) is 4.74 Å². The fourth-order valence-electron chi connectivity index (χ4n) is 2.70. The minimum absolute atomic E-state index is 0.549. The highest BCUT2D eigenvalue weighted by atomic mass is 16.5. The van der Waals surface area contributed by atoms with Gasteiger partial charge in [-0.05, 0) is 29.5 Å². The molecular formula is C17H29NO2. The molecule has 1 aromatic carbocycles. The molecule has 1 rings (SSSR count). The van der Waals surface area contributed by atoms with Crippen molar-refractivity contribution in [3.63, 3.8) is 0 Å². The van der Waals surface area contributed by atoms with E-state index < -0.39 is 0 Å². The molecule has 1 unspecified atom stereocenters. The third-order valence-electron chi connectivity index (χ3n) is 4.01. The summed E-state index contributed by atoms with van der Waals surface area (Å²) in [6.07, 6.45) is 2.41. The van der Waals surface area contributed by atoms with Gasteiger partial charge in [-0.3, -0.25) is 0 Å². The maximum Gasteiger partial charge on any atom is 0.118 e. The standard InChI is InChI=1S/C17H29NO2/c1-5-14(6-2)17(13-18-11-12-19-3)15-7-9-16(20-4)10-8-15/h7-10,14,17-18H,5-6,11-13H2,1-4H3. The fraction of sp³-hybridized carbons (Fsp3) is 0.647. The molecule has 20 heavy (non-hydrogen) atoms. The lowest BCUT2D eigenvalue weighted by Crippen LogP contribution is -2.28. The number of hydrogen-bond acceptors (Lipinski definition) is 3. The van der Waals surface area contributed by atoms with Crippen LogP contribution >= 0.6 is 0 Å². The van der Waals surface area contributed by atoms with Gasteiger partial charge < -0.3 is 14.8 Å². The summed E-state index contributed by atoms with van der Waals surface area (Å²) in [5, 5.41) is 3.51. The highest BCUT2D eigenvalue weighted by Crippen LogP contribution is 2.30. The maximum absolute atomic E-state index is 5.24. The Hall–Kier alpha value is -1.06. The molecule has 0 aromatic heterocycles. The summed E-state index contributed by atoms with van der Waals surface area (Å²) in [5.74, 6) is 2.18. The second-order valence-corrected chi connectivity index (χ2v) is 5.15. The van der Waals surface area contributed by atoms with Crippen molar-refractivity contribution in [3.8, 4) is 5.75 Å². The zero-order chi connectivity index (χ0) is 14.8. The van der Waals surface area contributed by atoms with Crippen LogP contribution in [0.25, 0.3) is 0 Å². The van der Waals surface area contributed by atoms with Crippen LogP contribution in [0.2, 0.25) is 0 Å². The summed E-state index contributed by atoms with van der Waals surface area (Å²) in [6, 6.07) is 8.50. The zero-order valence-corrected chi connectivity index (χ0v) is 13.3. The lowest BCUT2D eigenvalue weighted by Gasteiger charge is -2.26. The lowest BCUT2D eigenvalue weighted by molar-refractivity contribution is 0.197. The van der Waals surface area contributed by atoms with Gasteiger partial charge in [0.25, 0.3) is 0 Å². The van der Waals surface area contributed by atoms with Crippen LogP contribution in [0.5, 0.6) is 5.75 Å². The van der Waals surface area contributed by atoms with Gasteiger partial charge in [0.15, 0.2) is 0 Å². The first-order valence-electron chi connectivity index (χ1n) is 7.60. The van der Waals surface area contributed by atoms with Crippen LogP contribution in [0, 0.1) is 5.92 Å². The van der Waals surface area contributed by atoms with Crippen LogP contribution in [0.1, 0.15) is 38.2 Å². The Morgan fingerprint density at radius 1 is 1.05 bits per heavy atom. The third-order valence-corrected chi connectivity index (χ3v) is 4.01. The average Bonchev–Trinajstić information content (AvgIpc) is 2.51. The third kappa shape index (κ3) is 5.14. The molecule has 0 fully saturated rings. The fourth-order valence-corrected chi connectivity index (χ4v) is 2.70. The van der Waals surface area contributed by atoms with E-state index in [1.807, 2.05) is 0 Å². The topological polar surface area (TPSA) is 30.5 Å². The van der Waals surface area contributed by atoms with E-state index >= 15 is 0 Å². The molecule has 3 heteroatoms. The largest absolute Gasteiger partial charge is 0.497 e. The Bertz CT molecular complexity index is 347. The van der Waals surface area contributed by atoms with Crippen molar-refractivity contribution in [3.05, 3.63) is 29.8 Å². The van der Waals surface area contributed by atoms with Crippen molar-refractivity contribution in [1.82, 2.24) is 5.32 Å². The van der Waals surface area contributed by atoms with Gasteiger partial charge in [0.05, 0.1) is 13.7 Å². The molecule has 0 amide bonds. The van der Waals surface area contributed by atoms with Crippen LogP contribution < -0.4 is 10.1 Å². The van der Waals surface area contributed by atoms with Crippen LogP contribution in [0.3, 0.4) is 0 Å². The van der Waals surface area contributed by atoms with Crippen LogP contribution in [-0.4, -0.2) is 33.9 Å². The first-order valence-corrected chi connectivity index (χ1v) is 7.60. The number of nitrogens with one attached hydrogen (secondary N) is 1. The lowest BCUT2D eigenvalue weighted by atomic mass is 9.82. The normalized spacial score (nSPS) is 12.7. The Morgan fingerprint density at radius 3 is 2.20 bits per heavy atom. The Labute approximate surface area is 123 Å². The van der Waals surface area contributed by atoms with E-state index in [1.54, 1.807) is 14.2 Å². The number of rotatable bonds is 10. The summed E-state index contributed by atoms with van der Waals surface area (Å²) in [6.45, 7) is 7.23. The van der Waals surface area contributed by atoms with Crippen molar-refractivity contribution in [2.75, 3.05) is 33.9 Å². The van der Waals surface area contributed by atoms with Gasteiger partial charge in [0.1, 0.15) is 5.75 Å². The summed E-state index contributed by atoms with van der Waals surface area (Å²) < 4.78 is 10.3. The van der Waals surface area contributed by atoms with Crippen LogP contribution in [0.15, 0.2) is 24.3 Å². The molecule has 0 saturated carbocycles. The molecule has 0 spiro atoms. The number of benzene rings is 1. The number of hydrogen-bond donors (Lipinski definition) is 1. The first-order chi connectivity index (χ1) is 9.76. The summed E-state index contributed by atoms with van der Waals surface area (Å²) in [4.78, 5) is 0. The van der Waals surface area contributed by atoms with E-state index in [4.69, 9.17) is 9.47 Å². The zero-order valence-electron chi connectivity index (χ0n) is 13.3. The molecule has 0 aliphatic carbocycles. The molecule has 0 aliphatic heterocycles. The highest BCUT2D eigenvalue weighted by Gasteiger charge is 2.20. The van der Waals surface area contributed by atoms with E-state index in [9.17, 15) is 0 Å². The van der Waals surface area contributed by atoms with Crippen molar-refractivity contribution in [2.24, 2.45) is 5.92 Å². The number of methoxy groups -OCH3 is 2. The van der Waals surface area contributed by atoms with Gasteiger partial charge in [0.2, 0.25) is 0 Å². The SMILES string of the molecule is CCC(CC)C(CNCCOC)c1ccc(OC)cc1. The van der Waals surface area contributed by atoms with Gasteiger partial charge in [-0.25, -0.2) is 0 Å². The van der Waals surface area contributed by atoms with Crippen molar-refractivity contribution in [2.45, 2.75) is 32.6 Å². The molecule has 114 valence electrons. The first kappa shape index (κ1) is 17.0. The minimum atomic E-state index is 0.549. The van der Waals surface area contributed by atoms with Gasteiger partial charge in [0, 0.05) is 20.2 Å². The smallest absolute Gasteiger partial charge is 0.118 e. The van der Waals surface area contributed by atoms with Crippen molar-refractivity contribution >= 4 is 0 Å². The van der Waals surface area contributed by atoms with Gasteiger partial charge in [-0.2, -0.15) is 0 Å². The van der Waals surface area contributed by atoms with E-state index in [2.05, 4.69) is 43.4 Å². The summed E-state index contributed by atoms with van der Waals surface area (Å²) in [7, 11) is 3.45. The highest BCUT2D eigenvalue weighted by molar-refractivity contribution is 5.30. The van der Waals surface area contributed by atoms with Gasteiger partial charge in [-0.1, -0.05) is 38.8 Å². The molecule has 0 heterocycles. The molecule has 0 saturated heterocycles. The average molecular weight is 279 g/mol. The van der Waals surface area contributed by atoms with Gasteiger partial charge >= 0.3 is 0 Å². The molecule has 0 radical (unpaired) electrons. The monoisotopic (exact) mass is 279 g/mol. The predicted molar refractivity (Wildman–Crippen MR) is 84.6 cm³/mol.